The van der Waals surface area contributed by atoms with Gasteiger partial charge in [-0.3, -0.25) is 4.79 Å². The zero-order valence-electron chi connectivity index (χ0n) is 16.0. The number of rotatable bonds is 6. The maximum absolute atomic E-state index is 13.1. The van der Waals surface area contributed by atoms with E-state index in [0.717, 1.165) is 20.9 Å². The number of terminal acetylenes is 1. The van der Waals surface area contributed by atoms with Crippen LogP contribution in [-0.4, -0.2) is 22.5 Å². The summed E-state index contributed by atoms with van der Waals surface area (Å²) in [5.74, 6) is 3.80. The second-order valence-corrected chi connectivity index (χ2v) is 8.25. The Morgan fingerprint density at radius 2 is 2.10 bits per heavy atom. The van der Waals surface area contributed by atoms with Crippen molar-refractivity contribution in [3.8, 4) is 18.1 Å². The number of ether oxygens (including phenoxy) is 1. The topological polar surface area (TPSA) is 56.5 Å². The summed E-state index contributed by atoms with van der Waals surface area (Å²) in [6, 6.07) is 11.0. The minimum atomic E-state index is -0.198. The molecule has 3 aromatic rings. The van der Waals surface area contributed by atoms with Crippen molar-refractivity contribution in [2.45, 2.75) is 26.2 Å². The Hall–Kier alpha value is -2.43. The Morgan fingerprint density at radius 1 is 1.31 bits per heavy atom. The zero-order valence-corrected chi connectivity index (χ0v) is 19.2. The predicted molar refractivity (Wildman–Crippen MR) is 124 cm³/mol. The van der Waals surface area contributed by atoms with Crippen molar-refractivity contribution in [2.75, 3.05) is 6.61 Å². The van der Waals surface area contributed by atoms with Crippen molar-refractivity contribution in [1.29, 1.82) is 0 Å². The highest BCUT2D eigenvalue weighted by Gasteiger charge is 2.15. The van der Waals surface area contributed by atoms with E-state index in [-0.39, 0.29) is 18.1 Å². The van der Waals surface area contributed by atoms with E-state index in [1.54, 1.807) is 18.3 Å². The molecule has 0 unspecified atom stereocenters. The van der Waals surface area contributed by atoms with Crippen LogP contribution < -0.4 is 10.3 Å². The van der Waals surface area contributed by atoms with Crippen molar-refractivity contribution in [3.05, 3.63) is 67.1 Å². The fourth-order valence-electron chi connectivity index (χ4n) is 2.74. The molecular formula is C22H19Br2N3O2. The first-order valence-corrected chi connectivity index (χ1v) is 10.7. The number of benzene rings is 2. The van der Waals surface area contributed by atoms with E-state index in [0.29, 0.717) is 22.5 Å². The van der Waals surface area contributed by atoms with Crippen LogP contribution in [0.1, 0.15) is 37.6 Å². The van der Waals surface area contributed by atoms with Crippen LogP contribution in [0.2, 0.25) is 0 Å². The van der Waals surface area contributed by atoms with Crippen LogP contribution in [0, 0.1) is 12.3 Å². The molecule has 2 aromatic carbocycles. The molecule has 0 aliphatic rings. The molecule has 7 heteroatoms. The Kier molecular flexibility index (Phi) is 6.88. The van der Waals surface area contributed by atoms with E-state index >= 15 is 0 Å². The van der Waals surface area contributed by atoms with E-state index in [4.69, 9.17) is 16.1 Å². The number of aromatic nitrogens is 2. The van der Waals surface area contributed by atoms with Crippen LogP contribution in [0.5, 0.6) is 5.75 Å². The molecule has 0 N–H and O–H groups in total. The first-order valence-electron chi connectivity index (χ1n) is 9.07. The van der Waals surface area contributed by atoms with Gasteiger partial charge in [-0.05, 0) is 64.3 Å². The molecule has 0 radical (unpaired) electrons. The fraction of sp³-hybridized carbons (Fsp3) is 0.227. The summed E-state index contributed by atoms with van der Waals surface area (Å²) in [7, 11) is 0. The highest BCUT2D eigenvalue weighted by Crippen LogP contribution is 2.25. The molecule has 0 spiro atoms. The van der Waals surface area contributed by atoms with Crippen molar-refractivity contribution in [3.63, 3.8) is 0 Å². The van der Waals surface area contributed by atoms with E-state index in [1.165, 1.54) is 4.68 Å². The fourth-order valence-corrected chi connectivity index (χ4v) is 3.61. The molecule has 1 heterocycles. The third-order valence-electron chi connectivity index (χ3n) is 4.48. The monoisotopic (exact) mass is 515 g/mol. The van der Waals surface area contributed by atoms with Crippen LogP contribution in [0.3, 0.4) is 0 Å². The van der Waals surface area contributed by atoms with E-state index in [2.05, 4.69) is 49.8 Å². The maximum atomic E-state index is 13.1. The van der Waals surface area contributed by atoms with Gasteiger partial charge in [-0.15, -0.1) is 6.42 Å². The van der Waals surface area contributed by atoms with Gasteiger partial charge in [0.05, 0.1) is 21.6 Å². The third-order valence-corrected chi connectivity index (χ3v) is 5.59. The molecule has 0 aliphatic heterocycles. The molecule has 0 amide bonds. The second kappa shape index (κ2) is 9.38. The van der Waals surface area contributed by atoms with E-state index < -0.39 is 0 Å². The molecule has 0 aliphatic carbocycles. The SMILES string of the molecule is C#CCOc1ccc(C=Nn2c([C@@H](C)CC)nc3ccc(Br)cc3c2=O)cc1Br. The molecule has 0 bridgehead atoms. The van der Waals surface area contributed by atoms with Crippen molar-refractivity contribution < 1.29 is 4.74 Å². The van der Waals surface area contributed by atoms with Gasteiger partial charge in [0.2, 0.25) is 0 Å². The number of fused-ring (bicyclic) bond motifs is 1. The Morgan fingerprint density at radius 3 is 2.79 bits per heavy atom. The second-order valence-electron chi connectivity index (χ2n) is 6.48. The molecule has 0 saturated heterocycles. The lowest BCUT2D eigenvalue weighted by Crippen LogP contribution is -2.23. The first kappa shape index (κ1) is 21.3. The average molecular weight is 517 g/mol. The van der Waals surface area contributed by atoms with Crippen molar-refractivity contribution >= 4 is 49.0 Å². The van der Waals surface area contributed by atoms with Crippen LogP contribution in [0.25, 0.3) is 10.9 Å². The van der Waals surface area contributed by atoms with Gasteiger partial charge >= 0.3 is 0 Å². The molecule has 29 heavy (non-hydrogen) atoms. The quantitative estimate of drug-likeness (QED) is 0.328. The lowest BCUT2D eigenvalue weighted by atomic mass is 10.1. The van der Waals surface area contributed by atoms with Crippen LogP contribution in [0.4, 0.5) is 0 Å². The average Bonchev–Trinajstić information content (AvgIpc) is 2.72. The zero-order chi connectivity index (χ0) is 21.0. The molecule has 148 valence electrons. The van der Waals surface area contributed by atoms with Gasteiger partial charge in [-0.2, -0.15) is 9.78 Å². The van der Waals surface area contributed by atoms with E-state index in [9.17, 15) is 4.79 Å². The molecule has 0 saturated carbocycles. The first-order chi connectivity index (χ1) is 13.9. The molecule has 0 fully saturated rings. The predicted octanol–water partition coefficient (Wildman–Crippen LogP) is 5.33. The number of hydrogen-bond donors (Lipinski definition) is 0. The normalized spacial score (nSPS) is 12.2. The van der Waals surface area contributed by atoms with Gasteiger partial charge in [0.15, 0.2) is 0 Å². The number of hydrogen-bond acceptors (Lipinski definition) is 4. The van der Waals surface area contributed by atoms with Crippen molar-refractivity contribution in [1.82, 2.24) is 9.66 Å². The summed E-state index contributed by atoms with van der Waals surface area (Å²) in [5.41, 5.74) is 1.27. The molecular weight excluding hydrogens is 498 g/mol. The van der Waals surface area contributed by atoms with Gasteiger partial charge in [-0.25, -0.2) is 4.98 Å². The molecule has 5 nitrogen and oxygen atoms in total. The molecule has 1 atom stereocenters. The Balaban J connectivity index is 2.06. The minimum Gasteiger partial charge on any atom is -0.480 e. The summed E-state index contributed by atoms with van der Waals surface area (Å²) in [6.45, 7) is 4.29. The van der Waals surface area contributed by atoms with Gasteiger partial charge in [0, 0.05) is 10.4 Å². The van der Waals surface area contributed by atoms with Crippen LogP contribution in [0.15, 0.2) is 55.2 Å². The number of nitrogens with zero attached hydrogens (tertiary/aromatic N) is 3. The van der Waals surface area contributed by atoms with Crippen LogP contribution in [-0.2, 0) is 0 Å². The Labute approximate surface area is 186 Å². The highest BCUT2D eigenvalue weighted by molar-refractivity contribution is 9.10. The van der Waals surface area contributed by atoms with E-state index in [1.807, 2.05) is 31.2 Å². The Bertz CT molecular complexity index is 1180. The summed E-state index contributed by atoms with van der Waals surface area (Å²) < 4.78 is 8.42. The summed E-state index contributed by atoms with van der Waals surface area (Å²) >= 11 is 6.88. The lowest BCUT2D eigenvalue weighted by molar-refractivity contribution is 0.368. The highest BCUT2D eigenvalue weighted by atomic mass is 79.9. The molecule has 1 aromatic heterocycles. The standard InChI is InChI=1S/C22H19Br2N3O2/c1-4-10-29-20-9-6-15(11-18(20)24)13-25-27-21(14(3)5-2)26-19-8-7-16(23)12-17(19)22(27)28/h1,6-9,11-14H,5,10H2,2-3H3/t14-/m0/s1. The lowest BCUT2D eigenvalue weighted by Gasteiger charge is -2.14. The maximum Gasteiger partial charge on any atom is 0.282 e. The minimum absolute atomic E-state index is 0.0826. The summed E-state index contributed by atoms with van der Waals surface area (Å²) in [6.07, 6.45) is 7.71. The van der Waals surface area contributed by atoms with Crippen LogP contribution >= 0.6 is 31.9 Å². The van der Waals surface area contributed by atoms with Gasteiger partial charge in [0.25, 0.3) is 5.56 Å². The smallest absolute Gasteiger partial charge is 0.282 e. The summed E-state index contributed by atoms with van der Waals surface area (Å²) in [5, 5.41) is 4.98. The number of halogens is 2. The largest absolute Gasteiger partial charge is 0.480 e. The third kappa shape index (κ3) is 4.77. The van der Waals surface area contributed by atoms with Gasteiger partial charge in [-0.1, -0.05) is 35.7 Å². The van der Waals surface area contributed by atoms with Gasteiger partial charge in [0.1, 0.15) is 18.2 Å². The van der Waals surface area contributed by atoms with Gasteiger partial charge < -0.3 is 4.74 Å². The molecule has 3 rings (SSSR count). The van der Waals surface area contributed by atoms with Crippen molar-refractivity contribution in [2.24, 2.45) is 5.10 Å². The summed E-state index contributed by atoms with van der Waals surface area (Å²) in [4.78, 5) is 17.8.